The Morgan fingerprint density at radius 3 is 2.50 bits per heavy atom. The number of anilines is 1. The third-order valence-electron chi connectivity index (χ3n) is 3.23. The number of nitriles is 1. The third kappa shape index (κ3) is 4.30. The molecule has 1 aromatic carbocycles. The lowest BCUT2D eigenvalue weighted by atomic mass is 10.1. The Hall–Kier alpha value is -2.92. The summed E-state index contributed by atoms with van der Waals surface area (Å²) in [6, 6.07) is 7.59. The highest BCUT2D eigenvalue weighted by Gasteiger charge is 2.10. The van der Waals surface area contributed by atoms with E-state index in [1.807, 2.05) is 24.3 Å². The van der Waals surface area contributed by atoms with Crippen LogP contribution in [0.15, 0.2) is 30.6 Å². The largest absolute Gasteiger partial charge is 0.496 e. The first-order chi connectivity index (χ1) is 11.7. The summed E-state index contributed by atoms with van der Waals surface area (Å²) >= 11 is 5.22. The number of nitrogens with zero attached hydrogens (tertiary/aromatic N) is 3. The van der Waals surface area contributed by atoms with E-state index < -0.39 is 0 Å². The number of ether oxygens (including phenoxy) is 2. The van der Waals surface area contributed by atoms with Gasteiger partial charge in [0.25, 0.3) is 0 Å². The number of hydrogen-bond donors (Lipinski definition) is 2. The van der Waals surface area contributed by atoms with Gasteiger partial charge in [-0.1, -0.05) is 6.07 Å². The average molecular weight is 343 g/mol. The maximum Gasteiger partial charge on any atom is 0.183 e. The van der Waals surface area contributed by atoms with Crippen molar-refractivity contribution in [2.75, 3.05) is 26.1 Å². The van der Waals surface area contributed by atoms with E-state index in [-0.39, 0.29) is 5.69 Å². The smallest absolute Gasteiger partial charge is 0.183 e. The van der Waals surface area contributed by atoms with Crippen molar-refractivity contribution >= 4 is 23.1 Å². The van der Waals surface area contributed by atoms with Gasteiger partial charge in [-0.05, 0) is 30.8 Å². The Balaban J connectivity index is 1.95. The molecule has 0 radical (unpaired) electrons. The van der Waals surface area contributed by atoms with Crippen molar-refractivity contribution in [1.82, 2.24) is 15.3 Å². The molecule has 0 spiro atoms. The van der Waals surface area contributed by atoms with Gasteiger partial charge >= 0.3 is 0 Å². The normalized spacial score (nSPS) is 9.71. The lowest BCUT2D eigenvalue weighted by Gasteiger charge is -2.14. The molecule has 1 heterocycles. The standard InChI is InChI=1S/C16H17N5O2S/c1-22-13-4-3-5-14(23-2)11(13)6-7-20-16(24)21-15-12(10-17)18-8-9-19-15/h3-5,8-9H,6-7H2,1-2H3,(H2,19,20,21,24). The Labute approximate surface area is 145 Å². The summed E-state index contributed by atoms with van der Waals surface area (Å²) in [6.07, 6.45) is 3.60. The average Bonchev–Trinajstić information content (AvgIpc) is 2.62. The molecule has 1 aromatic heterocycles. The number of nitrogens with one attached hydrogen (secondary N) is 2. The molecule has 0 amide bonds. The fourth-order valence-electron chi connectivity index (χ4n) is 2.14. The second-order valence-electron chi connectivity index (χ2n) is 4.64. The van der Waals surface area contributed by atoms with Gasteiger partial charge < -0.3 is 20.1 Å². The Bertz CT molecular complexity index is 738. The topological polar surface area (TPSA) is 92.1 Å². The molecule has 0 aliphatic carbocycles. The zero-order valence-corrected chi connectivity index (χ0v) is 14.2. The van der Waals surface area contributed by atoms with Gasteiger partial charge in [0.05, 0.1) is 14.2 Å². The number of hydrogen-bond acceptors (Lipinski definition) is 6. The summed E-state index contributed by atoms with van der Waals surface area (Å²) in [5.74, 6) is 1.85. The van der Waals surface area contributed by atoms with E-state index in [0.29, 0.717) is 23.9 Å². The van der Waals surface area contributed by atoms with E-state index in [9.17, 15) is 0 Å². The first-order valence-electron chi connectivity index (χ1n) is 7.15. The Morgan fingerprint density at radius 1 is 1.21 bits per heavy atom. The first-order valence-corrected chi connectivity index (χ1v) is 7.56. The van der Waals surface area contributed by atoms with Crippen LogP contribution < -0.4 is 20.1 Å². The molecule has 24 heavy (non-hydrogen) atoms. The maximum absolute atomic E-state index is 8.99. The van der Waals surface area contributed by atoms with Crippen LogP contribution in [-0.2, 0) is 6.42 Å². The minimum atomic E-state index is 0.188. The lowest BCUT2D eigenvalue weighted by molar-refractivity contribution is 0.385. The molecule has 0 aliphatic rings. The summed E-state index contributed by atoms with van der Waals surface area (Å²) in [5.41, 5.74) is 1.14. The molecule has 0 unspecified atom stereocenters. The van der Waals surface area contributed by atoms with Crippen LogP contribution in [-0.4, -0.2) is 35.8 Å². The van der Waals surface area contributed by atoms with Gasteiger partial charge in [-0.3, -0.25) is 0 Å². The van der Waals surface area contributed by atoms with Gasteiger partial charge in [0.2, 0.25) is 0 Å². The molecule has 124 valence electrons. The summed E-state index contributed by atoms with van der Waals surface area (Å²) in [7, 11) is 3.24. The van der Waals surface area contributed by atoms with E-state index in [4.69, 9.17) is 27.0 Å². The highest BCUT2D eigenvalue weighted by molar-refractivity contribution is 7.80. The number of aromatic nitrogens is 2. The second kappa shape index (κ2) is 8.64. The molecule has 0 saturated heterocycles. The number of rotatable bonds is 6. The number of benzene rings is 1. The zero-order valence-electron chi connectivity index (χ0n) is 13.4. The maximum atomic E-state index is 8.99. The molecular formula is C16H17N5O2S. The van der Waals surface area contributed by atoms with Gasteiger partial charge in [-0.2, -0.15) is 5.26 Å². The minimum absolute atomic E-state index is 0.188. The van der Waals surface area contributed by atoms with E-state index in [2.05, 4.69) is 20.6 Å². The van der Waals surface area contributed by atoms with E-state index >= 15 is 0 Å². The number of thiocarbonyl (C=S) groups is 1. The SMILES string of the molecule is COc1cccc(OC)c1CCNC(=S)Nc1nccnc1C#N. The fourth-order valence-corrected chi connectivity index (χ4v) is 2.34. The van der Waals surface area contributed by atoms with E-state index in [0.717, 1.165) is 17.1 Å². The van der Waals surface area contributed by atoms with Gasteiger partial charge in [-0.25, -0.2) is 9.97 Å². The van der Waals surface area contributed by atoms with Crippen molar-refractivity contribution in [2.24, 2.45) is 0 Å². The molecule has 2 rings (SSSR count). The quantitative estimate of drug-likeness (QED) is 0.768. The Kier molecular flexibility index (Phi) is 6.28. The highest BCUT2D eigenvalue weighted by Crippen LogP contribution is 2.28. The van der Waals surface area contributed by atoms with Gasteiger partial charge in [0, 0.05) is 24.5 Å². The molecule has 2 N–H and O–H groups in total. The van der Waals surface area contributed by atoms with Gasteiger partial charge in [0.15, 0.2) is 16.6 Å². The second-order valence-corrected chi connectivity index (χ2v) is 5.05. The molecular weight excluding hydrogens is 326 g/mol. The zero-order chi connectivity index (χ0) is 17.4. The van der Waals surface area contributed by atoms with Crippen LogP contribution in [0.1, 0.15) is 11.3 Å². The molecule has 0 atom stereocenters. The molecule has 0 bridgehead atoms. The lowest BCUT2D eigenvalue weighted by Crippen LogP contribution is -2.31. The van der Waals surface area contributed by atoms with Crippen LogP contribution in [0.2, 0.25) is 0 Å². The van der Waals surface area contributed by atoms with E-state index in [1.54, 1.807) is 14.2 Å². The van der Waals surface area contributed by atoms with Crippen molar-refractivity contribution < 1.29 is 9.47 Å². The van der Waals surface area contributed by atoms with Crippen LogP contribution in [0.3, 0.4) is 0 Å². The van der Waals surface area contributed by atoms with Crippen LogP contribution in [0, 0.1) is 11.3 Å². The van der Waals surface area contributed by atoms with E-state index in [1.165, 1.54) is 12.4 Å². The van der Waals surface area contributed by atoms with Crippen molar-refractivity contribution in [2.45, 2.75) is 6.42 Å². The van der Waals surface area contributed by atoms with Crippen LogP contribution in [0.25, 0.3) is 0 Å². The molecule has 7 nitrogen and oxygen atoms in total. The first kappa shape index (κ1) is 17.4. The summed E-state index contributed by atoms with van der Waals surface area (Å²) in [4.78, 5) is 7.96. The predicted octanol–water partition coefficient (Wildman–Crippen LogP) is 1.89. The highest BCUT2D eigenvalue weighted by atomic mass is 32.1. The monoisotopic (exact) mass is 343 g/mol. The predicted molar refractivity (Wildman–Crippen MR) is 94.2 cm³/mol. The molecule has 2 aromatic rings. The Morgan fingerprint density at radius 2 is 1.88 bits per heavy atom. The van der Waals surface area contributed by atoms with Crippen LogP contribution in [0.5, 0.6) is 11.5 Å². The van der Waals surface area contributed by atoms with Crippen molar-refractivity contribution in [3.05, 3.63) is 41.9 Å². The number of methoxy groups -OCH3 is 2. The van der Waals surface area contributed by atoms with Crippen LogP contribution >= 0.6 is 12.2 Å². The third-order valence-corrected chi connectivity index (χ3v) is 3.47. The molecule has 0 aliphatic heterocycles. The fraction of sp³-hybridized carbons (Fsp3) is 0.250. The van der Waals surface area contributed by atoms with Gasteiger partial charge in [-0.15, -0.1) is 0 Å². The molecule has 0 saturated carbocycles. The molecule has 8 heteroatoms. The van der Waals surface area contributed by atoms with Gasteiger partial charge in [0.1, 0.15) is 17.6 Å². The molecule has 0 fully saturated rings. The van der Waals surface area contributed by atoms with Crippen molar-refractivity contribution in [3.8, 4) is 17.6 Å². The van der Waals surface area contributed by atoms with Crippen molar-refractivity contribution in [3.63, 3.8) is 0 Å². The summed E-state index contributed by atoms with van der Waals surface area (Å²) in [5, 5.41) is 15.3. The minimum Gasteiger partial charge on any atom is -0.496 e. The summed E-state index contributed by atoms with van der Waals surface area (Å²) in [6.45, 7) is 0.560. The van der Waals surface area contributed by atoms with Crippen LogP contribution in [0.4, 0.5) is 5.82 Å². The summed E-state index contributed by atoms with van der Waals surface area (Å²) < 4.78 is 10.7. The van der Waals surface area contributed by atoms with Crippen molar-refractivity contribution in [1.29, 1.82) is 5.26 Å².